The molecule has 2 fully saturated rings. The first-order valence-corrected chi connectivity index (χ1v) is 17.6. The van der Waals surface area contributed by atoms with Gasteiger partial charge < -0.3 is 10.6 Å². The fourth-order valence-corrected chi connectivity index (χ4v) is 7.58. The highest BCUT2D eigenvalue weighted by Gasteiger charge is 2.24. The van der Waals surface area contributed by atoms with Crippen molar-refractivity contribution in [2.45, 2.75) is 56.0 Å². The minimum absolute atomic E-state index is 0.248. The number of benzene rings is 3. The normalized spacial score (nSPS) is 20.0. The Balaban J connectivity index is 0.995. The van der Waals surface area contributed by atoms with E-state index in [2.05, 4.69) is 56.7 Å². The SMILES string of the molecule is O=S(=O)(NC[C@H]1CC[C@H](CNc2nc(NC3CCN(Cc4ccccc4)CC3)c3ccccc3n2)CC1)c1ccc(Cl)cc1. The Labute approximate surface area is 265 Å². The first-order valence-electron chi connectivity index (χ1n) is 15.7. The fraction of sp³-hybridized carbons (Fsp3) is 0.412. The third-order valence-electron chi connectivity index (χ3n) is 8.98. The molecule has 4 aromatic rings. The summed E-state index contributed by atoms with van der Waals surface area (Å²) in [6.07, 6.45) is 6.22. The Bertz CT molecular complexity index is 1620. The van der Waals surface area contributed by atoms with Gasteiger partial charge in [-0.2, -0.15) is 4.98 Å². The number of nitrogens with zero attached hydrogens (tertiary/aromatic N) is 3. The van der Waals surface area contributed by atoms with E-state index in [-0.39, 0.29) is 4.90 Å². The largest absolute Gasteiger partial charge is 0.367 e. The van der Waals surface area contributed by atoms with Crippen LogP contribution in [0.15, 0.2) is 83.8 Å². The van der Waals surface area contributed by atoms with E-state index in [0.29, 0.717) is 35.4 Å². The van der Waals surface area contributed by atoms with Gasteiger partial charge in [-0.1, -0.05) is 54.1 Å². The van der Waals surface area contributed by atoms with E-state index < -0.39 is 10.0 Å². The fourth-order valence-electron chi connectivity index (χ4n) is 6.34. The zero-order chi connectivity index (χ0) is 30.4. The van der Waals surface area contributed by atoms with E-state index in [0.717, 1.165) is 81.4 Å². The van der Waals surface area contributed by atoms with Crippen molar-refractivity contribution in [2.75, 3.05) is 36.8 Å². The zero-order valence-corrected chi connectivity index (χ0v) is 26.5. The summed E-state index contributed by atoms with van der Waals surface area (Å²) in [6, 6.07) is 25.5. The molecule has 0 amide bonds. The van der Waals surface area contributed by atoms with Crippen molar-refractivity contribution in [3.8, 4) is 0 Å². The minimum atomic E-state index is -3.53. The Morgan fingerprint density at radius 3 is 2.16 bits per heavy atom. The molecule has 2 heterocycles. The van der Waals surface area contributed by atoms with Crippen LogP contribution in [0.2, 0.25) is 5.02 Å². The molecule has 232 valence electrons. The number of aromatic nitrogens is 2. The molecule has 6 rings (SSSR count). The molecule has 1 saturated heterocycles. The van der Waals surface area contributed by atoms with Gasteiger partial charge in [0.05, 0.1) is 10.4 Å². The summed E-state index contributed by atoms with van der Waals surface area (Å²) < 4.78 is 28.1. The quantitative estimate of drug-likeness (QED) is 0.172. The summed E-state index contributed by atoms with van der Waals surface area (Å²) in [5.41, 5.74) is 2.30. The Kier molecular flexibility index (Phi) is 9.96. The number of hydrogen-bond donors (Lipinski definition) is 3. The predicted molar refractivity (Wildman–Crippen MR) is 178 cm³/mol. The van der Waals surface area contributed by atoms with Crippen molar-refractivity contribution in [1.29, 1.82) is 0 Å². The van der Waals surface area contributed by atoms with E-state index in [1.807, 2.05) is 18.2 Å². The summed E-state index contributed by atoms with van der Waals surface area (Å²) in [6.45, 7) is 4.38. The highest BCUT2D eigenvalue weighted by atomic mass is 35.5. The molecule has 0 bridgehead atoms. The van der Waals surface area contributed by atoms with Gasteiger partial charge in [0, 0.05) is 49.2 Å². The molecule has 3 N–H and O–H groups in total. The number of para-hydroxylation sites is 1. The van der Waals surface area contributed by atoms with Gasteiger partial charge in [0.2, 0.25) is 16.0 Å². The maximum Gasteiger partial charge on any atom is 0.240 e. The number of likely N-dealkylation sites (tertiary alicyclic amines) is 1. The molecule has 0 atom stereocenters. The van der Waals surface area contributed by atoms with Gasteiger partial charge in [-0.25, -0.2) is 18.1 Å². The molecule has 0 unspecified atom stereocenters. The molecular formula is C34H41ClN6O2S. The first kappa shape index (κ1) is 30.8. The van der Waals surface area contributed by atoms with Gasteiger partial charge in [0.15, 0.2) is 0 Å². The number of fused-ring (bicyclic) bond motifs is 1. The first-order chi connectivity index (χ1) is 21.4. The number of piperidine rings is 1. The van der Waals surface area contributed by atoms with Gasteiger partial charge in [-0.15, -0.1) is 0 Å². The van der Waals surface area contributed by atoms with Gasteiger partial charge in [-0.05, 0) is 92.3 Å². The van der Waals surface area contributed by atoms with E-state index in [1.54, 1.807) is 24.3 Å². The second-order valence-electron chi connectivity index (χ2n) is 12.2. The van der Waals surface area contributed by atoms with Crippen LogP contribution in [0.25, 0.3) is 10.9 Å². The summed E-state index contributed by atoms with van der Waals surface area (Å²) in [5.74, 6) is 2.39. The standard InChI is InChI=1S/C34H41ClN6O2S/c35-28-14-16-30(17-15-28)44(42,43)37-23-26-12-10-25(11-13-26)22-36-34-39-32-9-5-4-8-31(32)33(40-34)38-29-18-20-41(21-19-29)24-27-6-2-1-3-7-27/h1-9,14-17,25-26,29,37H,10-13,18-24H2,(H2,36,38,39,40)/t25-,26-. The molecule has 8 nitrogen and oxygen atoms in total. The molecule has 0 spiro atoms. The van der Waals surface area contributed by atoms with Crippen LogP contribution >= 0.6 is 11.6 Å². The van der Waals surface area contributed by atoms with Crippen molar-refractivity contribution < 1.29 is 8.42 Å². The van der Waals surface area contributed by atoms with Crippen molar-refractivity contribution in [3.63, 3.8) is 0 Å². The molecule has 0 radical (unpaired) electrons. The number of nitrogens with one attached hydrogen (secondary N) is 3. The van der Waals surface area contributed by atoms with Crippen LogP contribution < -0.4 is 15.4 Å². The third-order valence-corrected chi connectivity index (χ3v) is 10.7. The molecule has 44 heavy (non-hydrogen) atoms. The van der Waals surface area contributed by atoms with Crippen molar-refractivity contribution in [2.24, 2.45) is 11.8 Å². The maximum absolute atomic E-state index is 12.7. The predicted octanol–water partition coefficient (Wildman–Crippen LogP) is 6.56. The lowest BCUT2D eigenvalue weighted by Crippen LogP contribution is -2.38. The second kappa shape index (κ2) is 14.2. The van der Waals surface area contributed by atoms with Crippen LogP contribution in [0.4, 0.5) is 11.8 Å². The van der Waals surface area contributed by atoms with E-state index in [4.69, 9.17) is 21.6 Å². The zero-order valence-electron chi connectivity index (χ0n) is 25.0. The number of anilines is 2. The molecule has 1 aromatic heterocycles. The molecule has 1 aliphatic heterocycles. The minimum Gasteiger partial charge on any atom is -0.367 e. The van der Waals surface area contributed by atoms with Crippen LogP contribution in [-0.4, -0.2) is 55.5 Å². The number of hydrogen-bond acceptors (Lipinski definition) is 7. The van der Waals surface area contributed by atoms with Crippen molar-refractivity contribution >= 4 is 44.3 Å². The molecule has 3 aromatic carbocycles. The van der Waals surface area contributed by atoms with Crippen LogP contribution in [0.5, 0.6) is 0 Å². The smallest absolute Gasteiger partial charge is 0.240 e. The maximum atomic E-state index is 12.7. The summed E-state index contributed by atoms with van der Waals surface area (Å²) in [7, 11) is -3.53. The van der Waals surface area contributed by atoms with E-state index >= 15 is 0 Å². The topological polar surface area (TPSA) is 99.2 Å². The van der Waals surface area contributed by atoms with Gasteiger partial charge in [0.1, 0.15) is 5.82 Å². The van der Waals surface area contributed by atoms with E-state index in [1.165, 1.54) is 5.56 Å². The molecule has 1 saturated carbocycles. The van der Waals surface area contributed by atoms with Crippen molar-refractivity contribution in [1.82, 2.24) is 19.6 Å². The highest BCUT2D eigenvalue weighted by Crippen LogP contribution is 2.30. The van der Waals surface area contributed by atoms with Gasteiger partial charge >= 0.3 is 0 Å². The molecule has 2 aliphatic rings. The average molecular weight is 633 g/mol. The van der Waals surface area contributed by atoms with Crippen molar-refractivity contribution in [3.05, 3.63) is 89.4 Å². The number of sulfonamides is 1. The summed E-state index contributed by atoms with van der Waals surface area (Å²) in [4.78, 5) is 12.5. The third kappa shape index (κ3) is 8.07. The molecule has 1 aliphatic carbocycles. The summed E-state index contributed by atoms with van der Waals surface area (Å²) >= 11 is 5.90. The highest BCUT2D eigenvalue weighted by molar-refractivity contribution is 7.89. The lowest BCUT2D eigenvalue weighted by Gasteiger charge is -2.33. The second-order valence-corrected chi connectivity index (χ2v) is 14.4. The monoisotopic (exact) mass is 632 g/mol. The van der Waals surface area contributed by atoms with Gasteiger partial charge in [0.25, 0.3) is 0 Å². The Hall–Kier alpha value is -3.24. The van der Waals surface area contributed by atoms with Crippen LogP contribution in [0.1, 0.15) is 44.1 Å². The molecular weight excluding hydrogens is 592 g/mol. The lowest BCUT2D eigenvalue weighted by atomic mass is 9.82. The van der Waals surface area contributed by atoms with Crippen LogP contribution in [0, 0.1) is 11.8 Å². The number of halogens is 1. The number of rotatable bonds is 11. The van der Waals surface area contributed by atoms with Crippen LogP contribution in [0.3, 0.4) is 0 Å². The van der Waals surface area contributed by atoms with Crippen LogP contribution in [-0.2, 0) is 16.6 Å². The van der Waals surface area contributed by atoms with E-state index in [9.17, 15) is 8.42 Å². The lowest BCUT2D eigenvalue weighted by molar-refractivity contribution is 0.211. The summed E-state index contributed by atoms with van der Waals surface area (Å²) in [5, 5.41) is 8.84. The van der Waals surface area contributed by atoms with Gasteiger partial charge in [-0.3, -0.25) is 4.90 Å². The Morgan fingerprint density at radius 2 is 1.43 bits per heavy atom. The average Bonchev–Trinajstić information content (AvgIpc) is 3.05. The Morgan fingerprint density at radius 1 is 0.773 bits per heavy atom. The molecule has 10 heteroatoms.